The maximum absolute atomic E-state index is 5.78. The Morgan fingerprint density at radius 1 is 1.25 bits per heavy atom. The Labute approximate surface area is 99.7 Å². The molecule has 1 aromatic carbocycles. The van der Waals surface area contributed by atoms with E-state index in [4.69, 9.17) is 10.5 Å². The predicted molar refractivity (Wildman–Crippen MR) is 68.9 cm³/mol. The summed E-state index contributed by atoms with van der Waals surface area (Å²) in [5.41, 5.74) is 9.39. The molecule has 2 N–H and O–H groups in total. The van der Waals surface area contributed by atoms with Gasteiger partial charge in [0.25, 0.3) is 0 Å². The van der Waals surface area contributed by atoms with Crippen LogP contribution in [-0.4, -0.2) is 7.11 Å². The van der Waals surface area contributed by atoms with Gasteiger partial charge in [-0.25, -0.2) is 0 Å². The van der Waals surface area contributed by atoms with Crippen molar-refractivity contribution in [2.75, 3.05) is 7.11 Å². The van der Waals surface area contributed by atoms with Gasteiger partial charge in [0.2, 0.25) is 0 Å². The molecule has 0 aliphatic carbocycles. The number of thiophene rings is 1. The first-order valence-electron chi connectivity index (χ1n) is 5.17. The lowest BCUT2D eigenvalue weighted by molar-refractivity contribution is 0.414. The van der Waals surface area contributed by atoms with Gasteiger partial charge < -0.3 is 10.5 Å². The van der Waals surface area contributed by atoms with E-state index in [-0.39, 0.29) is 0 Å². The number of rotatable bonds is 3. The highest BCUT2D eigenvalue weighted by atomic mass is 32.1. The van der Waals surface area contributed by atoms with Gasteiger partial charge in [-0.2, -0.15) is 0 Å². The molecule has 0 radical (unpaired) electrons. The summed E-state index contributed by atoms with van der Waals surface area (Å²) < 4.78 is 5.21. The molecule has 0 unspecified atom stereocenters. The molecule has 2 aromatic rings. The summed E-state index contributed by atoms with van der Waals surface area (Å²) in [6.07, 6.45) is 0. The fraction of sp³-hybridized carbons (Fsp3) is 0.231. The number of benzene rings is 1. The molecular formula is C13H15NOS. The molecule has 0 atom stereocenters. The van der Waals surface area contributed by atoms with Gasteiger partial charge >= 0.3 is 0 Å². The third-order valence-corrected chi connectivity index (χ3v) is 3.53. The van der Waals surface area contributed by atoms with Crippen LogP contribution in [0.2, 0.25) is 0 Å². The molecule has 0 saturated heterocycles. The fourth-order valence-electron chi connectivity index (χ4n) is 1.79. The Morgan fingerprint density at radius 3 is 2.62 bits per heavy atom. The van der Waals surface area contributed by atoms with Gasteiger partial charge in [-0.15, -0.1) is 11.3 Å². The van der Waals surface area contributed by atoms with Crippen LogP contribution in [0.5, 0.6) is 5.75 Å². The van der Waals surface area contributed by atoms with Gasteiger partial charge in [0, 0.05) is 11.4 Å². The van der Waals surface area contributed by atoms with Crippen LogP contribution in [0.1, 0.15) is 10.4 Å². The van der Waals surface area contributed by atoms with E-state index in [1.807, 2.05) is 12.1 Å². The summed E-state index contributed by atoms with van der Waals surface area (Å²) in [4.78, 5) is 1.32. The van der Waals surface area contributed by atoms with Crippen molar-refractivity contribution in [3.63, 3.8) is 0 Å². The normalized spacial score (nSPS) is 10.4. The van der Waals surface area contributed by atoms with Crippen molar-refractivity contribution in [2.45, 2.75) is 13.5 Å². The SMILES string of the molecule is COc1ccc(-c2ccsc2C)c(CN)c1. The third kappa shape index (κ3) is 1.96. The minimum absolute atomic E-state index is 0.530. The van der Waals surface area contributed by atoms with E-state index in [2.05, 4.69) is 24.4 Å². The topological polar surface area (TPSA) is 35.2 Å². The molecule has 3 heteroatoms. The Hall–Kier alpha value is -1.32. The van der Waals surface area contributed by atoms with Crippen molar-refractivity contribution in [1.29, 1.82) is 0 Å². The maximum Gasteiger partial charge on any atom is 0.119 e. The summed E-state index contributed by atoms with van der Waals surface area (Å²) in [5, 5.41) is 2.11. The first-order valence-corrected chi connectivity index (χ1v) is 6.05. The number of nitrogens with two attached hydrogens (primary N) is 1. The number of methoxy groups -OCH3 is 1. The Kier molecular flexibility index (Phi) is 3.27. The quantitative estimate of drug-likeness (QED) is 0.883. The highest BCUT2D eigenvalue weighted by Crippen LogP contribution is 2.32. The standard InChI is InChI=1S/C13H15NOS/c1-9-12(5-6-16-9)13-4-3-11(15-2)7-10(13)8-14/h3-7H,8,14H2,1-2H3. The van der Waals surface area contributed by atoms with E-state index < -0.39 is 0 Å². The number of aryl methyl sites for hydroxylation is 1. The molecule has 0 aliphatic rings. The van der Waals surface area contributed by atoms with E-state index in [0.717, 1.165) is 11.3 Å². The summed E-state index contributed by atoms with van der Waals surface area (Å²) in [6.45, 7) is 2.66. The fourth-order valence-corrected chi connectivity index (χ4v) is 2.51. The zero-order valence-electron chi connectivity index (χ0n) is 9.49. The van der Waals surface area contributed by atoms with Crippen molar-refractivity contribution in [3.8, 4) is 16.9 Å². The lowest BCUT2D eigenvalue weighted by Gasteiger charge is -2.09. The second kappa shape index (κ2) is 4.68. The summed E-state index contributed by atoms with van der Waals surface area (Å²) >= 11 is 1.76. The van der Waals surface area contributed by atoms with Gasteiger partial charge in [0.15, 0.2) is 0 Å². The van der Waals surface area contributed by atoms with E-state index in [9.17, 15) is 0 Å². The van der Waals surface area contributed by atoms with Crippen LogP contribution in [0.4, 0.5) is 0 Å². The van der Waals surface area contributed by atoms with Crippen LogP contribution in [0.15, 0.2) is 29.6 Å². The van der Waals surface area contributed by atoms with E-state index in [0.29, 0.717) is 6.54 Å². The first-order chi connectivity index (χ1) is 7.76. The number of hydrogen-bond donors (Lipinski definition) is 1. The molecule has 1 heterocycles. The number of hydrogen-bond acceptors (Lipinski definition) is 3. The van der Waals surface area contributed by atoms with Crippen LogP contribution in [0, 0.1) is 6.92 Å². The molecule has 0 fully saturated rings. The lowest BCUT2D eigenvalue weighted by Crippen LogP contribution is -1.99. The Balaban J connectivity index is 2.53. The number of ether oxygens (including phenoxy) is 1. The highest BCUT2D eigenvalue weighted by molar-refractivity contribution is 7.10. The average Bonchev–Trinajstić information content (AvgIpc) is 2.74. The molecule has 0 spiro atoms. The minimum Gasteiger partial charge on any atom is -0.497 e. The molecule has 0 aliphatic heterocycles. The smallest absolute Gasteiger partial charge is 0.119 e. The van der Waals surface area contributed by atoms with E-state index in [1.165, 1.54) is 16.0 Å². The highest BCUT2D eigenvalue weighted by Gasteiger charge is 2.08. The molecule has 2 nitrogen and oxygen atoms in total. The van der Waals surface area contributed by atoms with E-state index >= 15 is 0 Å². The van der Waals surface area contributed by atoms with Crippen molar-refractivity contribution >= 4 is 11.3 Å². The van der Waals surface area contributed by atoms with Crippen LogP contribution < -0.4 is 10.5 Å². The lowest BCUT2D eigenvalue weighted by atomic mass is 10.0. The average molecular weight is 233 g/mol. The van der Waals surface area contributed by atoms with Gasteiger partial charge in [0.1, 0.15) is 5.75 Å². The van der Waals surface area contributed by atoms with Crippen molar-refractivity contribution < 1.29 is 4.74 Å². The van der Waals surface area contributed by atoms with Gasteiger partial charge in [-0.1, -0.05) is 6.07 Å². The molecule has 0 saturated carbocycles. The maximum atomic E-state index is 5.78. The Morgan fingerprint density at radius 2 is 2.06 bits per heavy atom. The summed E-state index contributed by atoms with van der Waals surface area (Å²) in [7, 11) is 1.67. The van der Waals surface area contributed by atoms with Crippen LogP contribution >= 0.6 is 11.3 Å². The Bertz CT molecular complexity index is 490. The van der Waals surface area contributed by atoms with Gasteiger partial charge in [-0.05, 0) is 47.2 Å². The van der Waals surface area contributed by atoms with Crippen molar-refractivity contribution in [1.82, 2.24) is 0 Å². The zero-order chi connectivity index (χ0) is 11.5. The molecular weight excluding hydrogens is 218 g/mol. The molecule has 0 bridgehead atoms. The second-order valence-corrected chi connectivity index (χ2v) is 4.74. The summed E-state index contributed by atoms with van der Waals surface area (Å²) in [5.74, 6) is 0.858. The summed E-state index contributed by atoms with van der Waals surface area (Å²) in [6, 6.07) is 8.20. The van der Waals surface area contributed by atoms with Gasteiger partial charge in [-0.3, -0.25) is 0 Å². The third-order valence-electron chi connectivity index (χ3n) is 2.68. The zero-order valence-corrected chi connectivity index (χ0v) is 10.3. The molecule has 2 rings (SSSR count). The largest absolute Gasteiger partial charge is 0.497 e. The van der Waals surface area contributed by atoms with Crippen LogP contribution in [-0.2, 0) is 6.54 Å². The van der Waals surface area contributed by atoms with Crippen LogP contribution in [0.25, 0.3) is 11.1 Å². The molecule has 84 valence electrons. The van der Waals surface area contributed by atoms with Crippen molar-refractivity contribution in [2.24, 2.45) is 5.73 Å². The molecule has 1 aromatic heterocycles. The van der Waals surface area contributed by atoms with Gasteiger partial charge in [0.05, 0.1) is 7.11 Å². The second-order valence-electron chi connectivity index (χ2n) is 3.62. The predicted octanol–water partition coefficient (Wildman–Crippen LogP) is 3.19. The minimum atomic E-state index is 0.530. The van der Waals surface area contributed by atoms with Crippen LogP contribution in [0.3, 0.4) is 0 Å². The molecule has 0 amide bonds. The first kappa shape index (κ1) is 11.2. The van der Waals surface area contributed by atoms with Crippen molar-refractivity contribution in [3.05, 3.63) is 40.1 Å². The monoisotopic (exact) mass is 233 g/mol. The van der Waals surface area contributed by atoms with E-state index in [1.54, 1.807) is 18.4 Å². The molecule has 16 heavy (non-hydrogen) atoms.